The van der Waals surface area contributed by atoms with E-state index in [9.17, 15) is 18.0 Å². The number of sulfonamides is 1. The number of amides is 2. The fourth-order valence-corrected chi connectivity index (χ4v) is 2.76. The molecule has 10 heteroatoms. The van der Waals surface area contributed by atoms with Gasteiger partial charge >= 0.3 is 0 Å². The van der Waals surface area contributed by atoms with Gasteiger partial charge in [0.1, 0.15) is 23.8 Å². The molecule has 2 amide bonds. The zero-order chi connectivity index (χ0) is 19.7. The minimum absolute atomic E-state index is 0.0127. The second-order valence-corrected chi connectivity index (χ2v) is 7.17. The Labute approximate surface area is 156 Å². The van der Waals surface area contributed by atoms with Crippen molar-refractivity contribution in [3.63, 3.8) is 0 Å². The summed E-state index contributed by atoms with van der Waals surface area (Å²) in [7, 11) is -3.90. The molecule has 0 spiro atoms. The SMILES string of the molecule is O=C(NS(=O)(=O)CCOc1ccccc1)c1ccc(C(=O)NCCO)nc1. The van der Waals surface area contributed by atoms with Crippen molar-refractivity contribution in [1.29, 1.82) is 0 Å². The van der Waals surface area contributed by atoms with Gasteiger partial charge in [0.25, 0.3) is 11.8 Å². The molecule has 0 atom stereocenters. The van der Waals surface area contributed by atoms with Crippen LogP contribution in [0, 0.1) is 0 Å². The van der Waals surface area contributed by atoms with E-state index >= 15 is 0 Å². The van der Waals surface area contributed by atoms with E-state index in [1.54, 1.807) is 30.3 Å². The number of pyridine rings is 1. The summed E-state index contributed by atoms with van der Waals surface area (Å²) < 4.78 is 31.2. The number of ether oxygens (including phenoxy) is 1. The number of hydrogen-bond acceptors (Lipinski definition) is 7. The molecule has 27 heavy (non-hydrogen) atoms. The zero-order valence-electron chi connectivity index (χ0n) is 14.3. The maximum Gasteiger partial charge on any atom is 0.269 e. The van der Waals surface area contributed by atoms with Crippen molar-refractivity contribution >= 4 is 21.8 Å². The van der Waals surface area contributed by atoms with Gasteiger partial charge in [0, 0.05) is 12.7 Å². The molecule has 1 aromatic carbocycles. The van der Waals surface area contributed by atoms with Crippen molar-refractivity contribution in [3.05, 3.63) is 59.9 Å². The Morgan fingerprint density at radius 2 is 1.81 bits per heavy atom. The molecule has 9 nitrogen and oxygen atoms in total. The summed E-state index contributed by atoms with van der Waals surface area (Å²) >= 11 is 0. The van der Waals surface area contributed by atoms with E-state index in [4.69, 9.17) is 9.84 Å². The molecule has 0 radical (unpaired) electrons. The lowest BCUT2D eigenvalue weighted by Crippen LogP contribution is -2.34. The highest BCUT2D eigenvalue weighted by Gasteiger charge is 2.17. The van der Waals surface area contributed by atoms with Gasteiger partial charge < -0.3 is 15.2 Å². The van der Waals surface area contributed by atoms with E-state index < -0.39 is 27.6 Å². The van der Waals surface area contributed by atoms with Crippen LogP contribution in [0.3, 0.4) is 0 Å². The Bertz CT molecular complexity index is 869. The molecule has 2 rings (SSSR count). The van der Waals surface area contributed by atoms with Crippen molar-refractivity contribution in [2.24, 2.45) is 0 Å². The summed E-state index contributed by atoms with van der Waals surface area (Å²) in [5.41, 5.74) is 0.0281. The second kappa shape index (κ2) is 9.64. The average Bonchev–Trinajstić information content (AvgIpc) is 2.66. The van der Waals surface area contributed by atoms with Crippen molar-refractivity contribution in [2.45, 2.75) is 0 Å². The Kier molecular flexibility index (Phi) is 7.26. The number of carbonyl (C=O) groups is 2. The molecule has 0 saturated carbocycles. The van der Waals surface area contributed by atoms with Crippen LogP contribution in [0.15, 0.2) is 48.7 Å². The molecule has 0 aliphatic rings. The Morgan fingerprint density at radius 1 is 1.07 bits per heavy atom. The first-order valence-electron chi connectivity index (χ1n) is 7.99. The van der Waals surface area contributed by atoms with Gasteiger partial charge in [-0.05, 0) is 24.3 Å². The van der Waals surface area contributed by atoms with Gasteiger partial charge in [-0.25, -0.2) is 13.1 Å². The van der Waals surface area contributed by atoms with Gasteiger partial charge in [0.15, 0.2) is 0 Å². The molecule has 3 N–H and O–H groups in total. The van der Waals surface area contributed by atoms with Crippen LogP contribution < -0.4 is 14.8 Å². The number of aromatic nitrogens is 1. The zero-order valence-corrected chi connectivity index (χ0v) is 15.1. The van der Waals surface area contributed by atoms with Crippen molar-refractivity contribution in [3.8, 4) is 5.75 Å². The second-order valence-electron chi connectivity index (χ2n) is 5.32. The number of aliphatic hydroxyl groups excluding tert-OH is 1. The monoisotopic (exact) mass is 393 g/mol. The molecule has 1 heterocycles. The van der Waals surface area contributed by atoms with Crippen molar-refractivity contribution in [1.82, 2.24) is 15.0 Å². The van der Waals surface area contributed by atoms with E-state index in [1.807, 2.05) is 4.72 Å². The number of carbonyl (C=O) groups excluding carboxylic acids is 2. The number of hydrogen-bond donors (Lipinski definition) is 3. The number of aliphatic hydroxyl groups is 1. The maximum atomic E-state index is 12.0. The van der Waals surface area contributed by atoms with E-state index in [0.717, 1.165) is 6.20 Å². The minimum Gasteiger partial charge on any atom is -0.492 e. The lowest BCUT2D eigenvalue weighted by molar-refractivity contribution is 0.0936. The number of rotatable bonds is 9. The highest BCUT2D eigenvalue weighted by Crippen LogP contribution is 2.08. The number of nitrogens with zero attached hydrogens (tertiary/aromatic N) is 1. The normalized spacial score (nSPS) is 10.9. The number of para-hydroxylation sites is 1. The third-order valence-electron chi connectivity index (χ3n) is 3.27. The van der Waals surface area contributed by atoms with Gasteiger partial charge in [0.05, 0.1) is 12.2 Å². The fraction of sp³-hybridized carbons (Fsp3) is 0.235. The summed E-state index contributed by atoms with van der Waals surface area (Å²) in [6, 6.07) is 11.3. The van der Waals surface area contributed by atoms with E-state index in [1.165, 1.54) is 12.1 Å². The first-order chi connectivity index (χ1) is 12.9. The van der Waals surface area contributed by atoms with Gasteiger partial charge in [-0.2, -0.15) is 0 Å². The molecule has 2 aromatic rings. The summed E-state index contributed by atoms with van der Waals surface area (Å²) in [5.74, 6) is -1.24. The number of nitrogens with one attached hydrogen (secondary N) is 2. The summed E-state index contributed by atoms with van der Waals surface area (Å²) in [6.45, 7) is -0.251. The third-order valence-corrected chi connectivity index (χ3v) is 4.47. The molecule has 0 aliphatic heterocycles. The summed E-state index contributed by atoms with van der Waals surface area (Å²) in [4.78, 5) is 27.5. The third kappa shape index (κ3) is 6.68. The van der Waals surface area contributed by atoms with Crippen LogP contribution in [-0.4, -0.2) is 55.8 Å². The first-order valence-corrected chi connectivity index (χ1v) is 9.64. The van der Waals surface area contributed by atoms with E-state index in [-0.39, 0.29) is 31.0 Å². The van der Waals surface area contributed by atoms with Crippen LogP contribution in [0.25, 0.3) is 0 Å². The molecule has 0 aliphatic carbocycles. The van der Waals surface area contributed by atoms with Crippen molar-refractivity contribution in [2.75, 3.05) is 25.5 Å². The topological polar surface area (TPSA) is 135 Å². The van der Waals surface area contributed by atoms with Gasteiger partial charge in [-0.1, -0.05) is 18.2 Å². The van der Waals surface area contributed by atoms with Crippen LogP contribution in [0.5, 0.6) is 5.75 Å². The van der Waals surface area contributed by atoms with Crippen LogP contribution >= 0.6 is 0 Å². The van der Waals surface area contributed by atoms with Crippen LogP contribution in [0.4, 0.5) is 0 Å². The minimum atomic E-state index is -3.90. The first kappa shape index (κ1) is 20.3. The average molecular weight is 393 g/mol. The maximum absolute atomic E-state index is 12.0. The van der Waals surface area contributed by atoms with Crippen molar-refractivity contribution < 1.29 is 27.9 Å². The van der Waals surface area contributed by atoms with Gasteiger partial charge in [-0.15, -0.1) is 0 Å². The quantitative estimate of drug-likeness (QED) is 0.543. The van der Waals surface area contributed by atoms with Crippen LogP contribution in [0.1, 0.15) is 20.8 Å². The summed E-state index contributed by atoms with van der Waals surface area (Å²) in [5, 5.41) is 11.1. The molecule has 0 fully saturated rings. The molecule has 0 bridgehead atoms. The van der Waals surface area contributed by atoms with E-state index in [0.29, 0.717) is 5.75 Å². The Morgan fingerprint density at radius 3 is 2.44 bits per heavy atom. The largest absolute Gasteiger partial charge is 0.492 e. The molecular weight excluding hydrogens is 374 g/mol. The lowest BCUT2D eigenvalue weighted by Gasteiger charge is -2.09. The Hall–Kier alpha value is -2.98. The molecule has 144 valence electrons. The lowest BCUT2D eigenvalue weighted by atomic mass is 10.2. The van der Waals surface area contributed by atoms with Crippen LogP contribution in [0.2, 0.25) is 0 Å². The number of benzene rings is 1. The van der Waals surface area contributed by atoms with E-state index in [2.05, 4.69) is 10.3 Å². The highest BCUT2D eigenvalue weighted by molar-refractivity contribution is 7.90. The predicted octanol–water partition coefficient (Wildman–Crippen LogP) is -0.0577. The van der Waals surface area contributed by atoms with Gasteiger partial charge in [0.2, 0.25) is 10.0 Å². The molecule has 0 saturated heterocycles. The van der Waals surface area contributed by atoms with Gasteiger partial charge in [-0.3, -0.25) is 14.6 Å². The highest BCUT2D eigenvalue weighted by atomic mass is 32.2. The Balaban J connectivity index is 1.88. The molecular formula is C17H19N3O6S. The fourth-order valence-electron chi connectivity index (χ4n) is 1.96. The smallest absolute Gasteiger partial charge is 0.269 e. The standard InChI is InChI=1S/C17H19N3O6S/c21-9-8-18-17(23)15-7-6-13(12-19-15)16(22)20-27(24,25)11-10-26-14-4-2-1-3-5-14/h1-7,12,21H,8-11H2,(H,18,23)(H,20,22). The molecule has 0 unspecified atom stereocenters. The summed E-state index contributed by atoms with van der Waals surface area (Å²) in [6.07, 6.45) is 1.10. The van der Waals surface area contributed by atoms with Crippen LogP contribution in [-0.2, 0) is 10.0 Å². The predicted molar refractivity (Wildman–Crippen MR) is 96.8 cm³/mol. The molecule has 1 aromatic heterocycles.